The van der Waals surface area contributed by atoms with E-state index in [9.17, 15) is 4.79 Å². The Bertz CT molecular complexity index is 196. The number of carbonyl (C=O) groups excluding carboxylic acids is 1. The fourth-order valence-electron chi connectivity index (χ4n) is 0.657. The van der Waals surface area contributed by atoms with E-state index in [1.165, 1.54) is 0 Å². The van der Waals surface area contributed by atoms with E-state index in [1.54, 1.807) is 11.3 Å². The van der Waals surface area contributed by atoms with Gasteiger partial charge < -0.3 is 0 Å². The third-order valence-corrected chi connectivity index (χ3v) is 2.14. The van der Waals surface area contributed by atoms with Crippen molar-refractivity contribution in [2.45, 2.75) is 0 Å². The molecule has 0 N–H and O–H groups in total. The first-order valence-electron chi connectivity index (χ1n) is 2.02. The molecule has 0 radical (unpaired) electrons. The summed E-state index contributed by atoms with van der Waals surface area (Å²) in [5.74, 6) is 0.241. The Balaban J connectivity index is 2.91. The summed E-state index contributed by atoms with van der Waals surface area (Å²) < 4.78 is 0. The number of rotatable bonds is 0. The summed E-state index contributed by atoms with van der Waals surface area (Å²) in [6.45, 7) is 0. The average Bonchev–Trinajstić information content (AvgIpc) is 2.18. The third-order valence-electron chi connectivity index (χ3n) is 1.05. The smallest absolute Gasteiger partial charge is 0.212 e. The molecule has 3 rings (SSSR count). The Morgan fingerprint density at radius 2 is 1.86 bits per heavy atom. The van der Waals surface area contributed by atoms with Crippen LogP contribution < -0.4 is 0 Å². The maximum atomic E-state index is 10.5. The Hall–Kier alpha value is -0.630. The molecule has 2 heterocycles. The quantitative estimate of drug-likeness (QED) is 0.499. The van der Waals surface area contributed by atoms with Gasteiger partial charge in [0.2, 0.25) is 5.78 Å². The normalized spacial score (nSPS) is 14.0. The van der Waals surface area contributed by atoms with Crippen LogP contribution in [0.1, 0.15) is 14.5 Å². The molecule has 2 bridgehead atoms. The van der Waals surface area contributed by atoms with Crippen molar-refractivity contribution in [2.24, 2.45) is 0 Å². The van der Waals surface area contributed by atoms with Crippen molar-refractivity contribution in [3.05, 3.63) is 21.9 Å². The van der Waals surface area contributed by atoms with Crippen LogP contribution in [-0.4, -0.2) is 5.78 Å². The summed E-state index contributed by atoms with van der Waals surface area (Å²) in [4.78, 5) is 12.3. The van der Waals surface area contributed by atoms with Gasteiger partial charge in [0.1, 0.15) is 0 Å². The van der Waals surface area contributed by atoms with E-state index >= 15 is 0 Å². The van der Waals surface area contributed by atoms with E-state index in [0.29, 0.717) is 0 Å². The highest BCUT2D eigenvalue weighted by Crippen LogP contribution is 2.30. The van der Waals surface area contributed by atoms with Crippen molar-refractivity contribution in [1.29, 1.82) is 0 Å². The molecule has 0 aromatic carbocycles. The van der Waals surface area contributed by atoms with Crippen LogP contribution in [0, 0.1) is 0 Å². The minimum absolute atomic E-state index is 0.241. The predicted molar refractivity (Wildman–Crippen MR) is 27.8 cm³/mol. The molecule has 2 aliphatic rings. The molecular weight excluding hydrogens is 108 g/mol. The lowest BCUT2D eigenvalue weighted by Crippen LogP contribution is -1.97. The molecule has 1 aliphatic carbocycles. The largest absolute Gasteiger partial charge is 0.287 e. The molecule has 2 heteroatoms. The van der Waals surface area contributed by atoms with Gasteiger partial charge >= 0.3 is 0 Å². The lowest BCUT2D eigenvalue weighted by Gasteiger charge is -1.96. The first kappa shape index (κ1) is 3.38. The van der Waals surface area contributed by atoms with E-state index in [-0.39, 0.29) is 5.78 Å². The number of ketones is 1. The highest BCUT2D eigenvalue weighted by molar-refractivity contribution is 7.22. The van der Waals surface area contributed by atoms with Crippen LogP contribution in [0.4, 0.5) is 0 Å². The van der Waals surface area contributed by atoms with Gasteiger partial charge in [-0.25, -0.2) is 0 Å². The van der Waals surface area contributed by atoms with E-state index in [0.717, 1.165) is 9.75 Å². The zero-order valence-electron chi connectivity index (χ0n) is 3.47. The fourth-order valence-corrected chi connectivity index (χ4v) is 1.42. The van der Waals surface area contributed by atoms with Crippen LogP contribution >= 0.6 is 11.3 Å². The summed E-state index contributed by atoms with van der Waals surface area (Å²) in [6.07, 6.45) is 0. The van der Waals surface area contributed by atoms with Gasteiger partial charge in [-0.2, -0.15) is 0 Å². The Morgan fingerprint density at radius 3 is 2.00 bits per heavy atom. The van der Waals surface area contributed by atoms with Gasteiger partial charge in [-0.15, -0.1) is 11.3 Å². The summed E-state index contributed by atoms with van der Waals surface area (Å²) in [7, 11) is 0. The van der Waals surface area contributed by atoms with Crippen molar-refractivity contribution < 1.29 is 4.79 Å². The number of fused-ring (bicyclic) bond motifs is 1. The molecule has 1 nitrogen and oxygen atoms in total. The monoisotopic (exact) mass is 110 g/mol. The van der Waals surface area contributed by atoms with Gasteiger partial charge in [-0.1, -0.05) is 0 Å². The summed E-state index contributed by atoms with van der Waals surface area (Å²) >= 11 is 1.58. The second kappa shape index (κ2) is 0.793. The molecule has 0 saturated carbocycles. The molecule has 0 saturated heterocycles. The van der Waals surface area contributed by atoms with E-state index in [4.69, 9.17) is 0 Å². The molecule has 1 aliphatic heterocycles. The van der Waals surface area contributed by atoms with Gasteiger partial charge in [0.25, 0.3) is 0 Å². The lowest BCUT2D eigenvalue weighted by molar-refractivity contribution is 0.104. The van der Waals surface area contributed by atoms with Crippen molar-refractivity contribution in [3.63, 3.8) is 0 Å². The number of hydrogen-bond acceptors (Lipinski definition) is 2. The highest BCUT2D eigenvalue weighted by Gasteiger charge is 2.22. The second-order valence-electron chi connectivity index (χ2n) is 1.49. The maximum Gasteiger partial charge on any atom is 0.212 e. The minimum atomic E-state index is 0.241. The van der Waals surface area contributed by atoms with E-state index < -0.39 is 0 Å². The standard InChI is InChI=1S/C5H2OS/c6-5-3-1-2-4(5)7-3/h1-2H. The Labute approximate surface area is 44.6 Å². The molecule has 7 heavy (non-hydrogen) atoms. The summed E-state index contributed by atoms with van der Waals surface area (Å²) in [5.41, 5.74) is 0. The van der Waals surface area contributed by atoms with Crippen molar-refractivity contribution in [3.8, 4) is 0 Å². The minimum Gasteiger partial charge on any atom is -0.287 e. The number of carbonyl (C=O) groups is 1. The molecule has 0 unspecified atom stereocenters. The van der Waals surface area contributed by atoms with Gasteiger partial charge in [0, 0.05) is 0 Å². The van der Waals surface area contributed by atoms with Gasteiger partial charge in [-0.3, -0.25) is 4.79 Å². The highest BCUT2D eigenvalue weighted by atomic mass is 32.1. The maximum absolute atomic E-state index is 10.5. The van der Waals surface area contributed by atoms with Gasteiger partial charge in [0.15, 0.2) is 0 Å². The Morgan fingerprint density at radius 1 is 1.29 bits per heavy atom. The predicted octanol–water partition coefficient (Wildman–Crippen LogP) is 1.29. The topological polar surface area (TPSA) is 17.1 Å². The molecule has 0 atom stereocenters. The molecule has 34 valence electrons. The third kappa shape index (κ3) is 0.228. The van der Waals surface area contributed by atoms with Crippen molar-refractivity contribution in [2.75, 3.05) is 0 Å². The zero-order valence-corrected chi connectivity index (χ0v) is 4.29. The number of thiophene rings is 1. The van der Waals surface area contributed by atoms with Crippen LogP contribution in [0.25, 0.3) is 0 Å². The van der Waals surface area contributed by atoms with Gasteiger partial charge in [-0.05, 0) is 12.1 Å². The molecular formula is C5H2OS. The van der Waals surface area contributed by atoms with Gasteiger partial charge in [0.05, 0.1) is 9.75 Å². The fraction of sp³-hybridized carbons (Fsp3) is 0. The van der Waals surface area contributed by atoms with E-state index in [1.807, 2.05) is 12.1 Å². The summed E-state index contributed by atoms with van der Waals surface area (Å²) in [6, 6.07) is 3.73. The second-order valence-corrected chi connectivity index (χ2v) is 2.58. The van der Waals surface area contributed by atoms with Crippen LogP contribution in [0.2, 0.25) is 0 Å². The van der Waals surface area contributed by atoms with Crippen LogP contribution in [0.15, 0.2) is 12.1 Å². The van der Waals surface area contributed by atoms with Crippen LogP contribution in [-0.2, 0) is 0 Å². The number of hydrogen-bond donors (Lipinski definition) is 0. The van der Waals surface area contributed by atoms with E-state index in [2.05, 4.69) is 0 Å². The average molecular weight is 110 g/mol. The SMILES string of the molecule is O=C1c2ccc1s2. The molecule has 1 aromatic heterocycles. The lowest BCUT2D eigenvalue weighted by atomic mass is 10.4. The molecule has 0 fully saturated rings. The molecule has 0 amide bonds. The molecule has 0 spiro atoms. The Kier molecular flexibility index (Phi) is 0.383. The summed E-state index contributed by atoms with van der Waals surface area (Å²) in [5, 5.41) is 0. The zero-order chi connectivity index (χ0) is 4.85. The van der Waals surface area contributed by atoms with Crippen LogP contribution in [0.3, 0.4) is 0 Å². The molecule has 1 aromatic rings. The first-order valence-corrected chi connectivity index (χ1v) is 2.84. The van der Waals surface area contributed by atoms with Crippen molar-refractivity contribution >= 4 is 17.1 Å². The first-order chi connectivity index (χ1) is 3.38. The van der Waals surface area contributed by atoms with Crippen molar-refractivity contribution in [1.82, 2.24) is 0 Å². The van der Waals surface area contributed by atoms with Crippen LogP contribution in [0.5, 0.6) is 0 Å².